The van der Waals surface area contributed by atoms with Crippen molar-refractivity contribution in [3.63, 3.8) is 0 Å². The molecule has 0 fully saturated rings. The van der Waals surface area contributed by atoms with Crippen molar-refractivity contribution < 1.29 is 0 Å². The van der Waals surface area contributed by atoms with Crippen LogP contribution in [-0.2, 0) is 6.42 Å². The molecule has 1 aliphatic rings. The molecule has 0 bridgehead atoms. The van der Waals surface area contributed by atoms with Crippen molar-refractivity contribution in [1.82, 2.24) is 0 Å². The fourth-order valence-corrected chi connectivity index (χ4v) is 2.54. The molecule has 0 radical (unpaired) electrons. The Labute approximate surface area is 85.4 Å². The monoisotopic (exact) mass is 185 g/mol. The second-order valence-electron chi connectivity index (χ2n) is 4.18. The number of fused-ring (bicyclic) bond motifs is 1. The summed E-state index contributed by atoms with van der Waals surface area (Å²) in [5.41, 5.74) is 2.97. The minimum atomic E-state index is 0.617. The Balaban J connectivity index is 2.22. The molecule has 0 spiro atoms. The molecule has 72 valence electrons. The van der Waals surface area contributed by atoms with Gasteiger partial charge in [-0.15, -0.1) is 0 Å². The molecule has 0 aromatic heterocycles. The van der Waals surface area contributed by atoms with Crippen molar-refractivity contribution in [3.8, 4) is 6.07 Å². The first-order valence-electron chi connectivity index (χ1n) is 5.27. The van der Waals surface area contributed by atoms with Crippen LogP contribution in [0.15, 0.2) is 24.3 Å². The highest BCUT2D eigenvalue weighted by Crippen LogP contribution is 2.40. The van der Waals surface area contributed by atoms with Crippen LogP contribution in [-0.4, -0.2) is 0 Å². The molecule has 1 nitrogen and oxygen atoms in total. The Morgan fingerprint density at radius 1 is 1.43 bits per heavy atom. The quantitative estimate of drug-likeness (QED) is 0.693. The summed E-state index contributed by atoms with van der Waals surface area (Å²) in [6, 6.07) is 10.9. The highest BCUT2D eigenvalue weighted by atomic mass is 14.3. The summed E-state index contributed by atoms with van der Waals surface area (Å²) >= 11 is 0. The number of benzene rings is 1. The fourth-order valence-electron chi connectivity index (χ4n) is 2.54. The highest BCUT2D eigenvalue weighted by molar-refractivity contribution is 5.35. The zero-order chi connectivity index (χ0) is 9.97. The van der Waals surface area contributed by atoms with E-state index in [1.165, 1.54) is 17.5 Å². The molecule has 1 aromatic rings. The van der Waals surface area contributed by atoms with Crippen LogP contribution in [0, 0.1) is 17.2 Å². The maximum atomic E-state index is 8.61. The van der Waals surface area contributed by atoms with Gasteiger partial charge >= 0.3 is 0 Å². The van der Waals surface area contributed by atoms with Gasteiger partial charge in [0.25, 0.3) is 0 Å². The van der Waals surface area contributed by atoms with E-state index in [2.05, 4.69) is 37.3 Å². The molecule has 0 saturated heterocycles. The Kier molecular flexibility index (Phi) is 2.54. The molecule has 2 atom stereocenters. The van der Waals surface area contributed by atoms with Crippen molar-refractivity contribution in [2.45, 2.75) is 32.1 Å². The Morgan fingerprint density at radius 3 is 3.00 bits per heavy atom. The van der Waals surface area contributed by atoms with Gasteiger partial charge in [0.15, 0.2) is 0 Å². The average molecular weight is 185 g/mol. The first kappa shape index (κ1) is 9.27. The fraction of sp³-hybridized carbons (Fsp3) is 0.462. The maximum absolute atomic E-state index is 8.61. The topological polar surface area (TPSA) is 23.8 Å². The van der Waals surface area contributed by atoms with Gasteiger partial charge in [-0.2, -0.15) is 5.26 Å². The van der Waals surface area contributed by atoms with Crippen LogP contribution in [0.25, 0.3) is 0 Å². The largest absolute Gasteiger partial charge is 0.198 e. The lowest BCUT2D eigenvalue weighted by Crippen LogP contribution is -2.02. The number of nitrogens with zero attached hydrogens (tertiary/aromatic N) is 1. The minimum absolute atomic E-state index is 0.617. The van der Waals surface area contributed by atoms with Gasteiger partial charge in [-0.1, -0.05) is 31.2 Å². The van der Waals surface area contributed by atoms with Crippen molar-refractivity contribution in [2.75, 3.05) is 0 Å². The van der Waals surface area contributed by atoms with E-state index in [9.17, 15) is 0 Å². The van der Waals surface area contributed by atoms with Gasteiger partial charge < -0.3 is 0 Å². The van der Waals surface area contributed by atoms with E-state index < -0.39 is 0 Å². The van der Waals surface area contributed by atoms with Crippen LogP contribution < -0.4 is 0 Å². The van der Waals surface area contributed by atoms with E-state index in [1.54, 1.807) is 0 Å². The summed E-state index contributed by atoms with van der Waals surface area (Å²) in [4.78, 5) is 0. The molecule has 1 heteroatoms. The second kappa shape index (κ2) is 3.84. The first-order chi connectivity index (χ1) is 6.83. The predicted molar refractivity (Wildman–Crippen MR) is 56.9 cm³/mol. The summed E-state index contributed by atoms with van der Waals surface area (Å²) < 4.78 is 0. The number of hydrogen-bond donors (Lipinski definition) is 0. The lowest BCUT2D eigenvalue weighted by atomic mass is 9.90. The van der Waals surface area contributed by atoms with Crippen molar-refractivity contribution in [1.29, 1.82) is 5.26 Å². The second-order valence-corrected chi connectivity index (χ2v) is 4.18. The van der Waals surface area contributed by atoms with Gasteiger partial charge in [-0.05, 0) is 35.8 Å². The molecular weight excluding hydrogens is 170 g/mol. The lowest BCUT2D eigenvalue weighted by molar-refractivity contribution is 0.475. The van der Waals surface area contributed by atoms with Gasteiger partial charge in [0, 0.05) is 6.42 Å². The van der Waals surface area contributed by atoms with E-state index in [0.717, 1.165) is 6.42 Å². The lowest BCUT2D eigenvalue weighted by Gasteiger charge is -2.14. The molecule has 14 heavy (non-hydrogen) atoms. The molecule has 1 aromatic carbocycles. The molecule has 0 aliphatic heterocycles. The smallest absolute Gasteiger partial charge is 0.0621 e. The van der Waals surface area contributed by atoms with E-state index in [1.807, 2.05) is 0 Å². The SMILES string of the molecule is C[C@H]1Cc2ccccc2[C@@H]1CCC#N. The van der Waals surface area contributed by atoms with Gasteiger partial charge in [0.2, 0.25) is 0 Å². The Hall–Kier alpha value is -1.29. The van der Waals surface area contributed by atoms with Crippen LogP contribution in [0.2, 0.25) is 0 Å². The normalized spacial score (nSPS) is 24.3. The first-order valence-corrected chi connectivity index (χ1v) is 5.27. The number of hydrogen-bond acceptors (Lipinski definition) is 1. The third-order valence-electron chi connectivity index (χ3n) is 3.25. The highest BCUT2D eigenvalue weighted by Gasteiger charge is 2.28. The maximum Gasteiger partial charge on any atom is 0.0621 e. The van der Waals surface area contributed by atoms with E-state index >= 15 is 0 Å². The molecule has 0 saturated carbocycles. The van der Waals surface area contributed by atoms with Crippen LogP contribution in [0.4, 0.5) is 0 Å². The van der Waals surface area contributed by atoms with Crippen molar-refractivity contribution in [3.05, 3.63) is 35.4 Å². The molecular formula is C13H15N. The average Bonchev–Trinajstić information content (AvgIpc) is 2.51. The summed E-state index contributed by atoms with van der Waals surface area (Å²) in [5.74, 6) is 1.33. The van der Waals surface area contributed by atoms with Gasteiger partial charge in [-0.25, -0.2) is 0 Å². The van der Waals surface area contributed by atoms with Gasteiger partial charge in [0.05, 0.1) is 6.07 Å². The van der Waals surface area contributed by atoms with Crippen LogP contribution >= 0.6 is 0 Å². The van der Waals surface area contributed by atoms with E-state index in [-0.39, 0.29) is 0 Å². The zero-order valence-corrected chi connectivity index (χ0v) is 8.53. The van der Waals surface area contributed by atoms with Crippen LogP contribution in [0.5, 0.6) is 0 Å². The number of rotatable bonds is 2. The van der Waals surface area contributed by atoms with E-state index in [0.29, 0.717) is 18.3 Å². The Morgan fingerprint density at radius 2 is 2.21 bits per heavy atom. The van der Waals surface area contributed by atoms with Gasteiger partial charge in [-0.3, -0.25) is 0 Å². The molecule has 0 unspecified atom stereocenters. The minimum Gasteiger partial charge on any atom is -0.198 e. The molecule has 0 N–H and O–H groups in total. The van der Waals surface area contributed by atoms with Crippen LogP contribution in [0.3, 0.4) is 0 Å². The summed E-state index contributed by atoms with van der Waals surface area (Å²) in [6.45, 7) is 2.29. The Bertz CT molecular complexity index is 362. The summed E-state index contributed by atoms with van der Waals surface area (Å²) in [5, 5.41) is 8.61. The zero-order valence-electron chi connectivity index (χ0n) is 8.53. The number of nitriles is 1. The summed E-state index contributed by atoms with van der Waals surface area (Å²) in [6.07, 6.45) is 2.89. The standard InChI is InChI=1S/C13H15N/c1-10-9-11-5-2-3-6-13(11)12(10)7-4-8-14/h2-3,5-6,10,12H,4,7,9H2,1H3/t10-,12+/m0/s1. The van der Waals surface area contributed by atoms with E-state index in [4.69, 9.17) is 5.26 Å². The molecule has 0 amide bonds. The van der Waals surface area contributed by atoms with Crippen molar-refractivity contribution in [2.24, 2.45) is 5.92 Å². The molecule has 1 aliphatic carbocycles. The van der Waals surface area contributed by atoms with Crippen LogP contribution in [0.1, 0.15) is 36.8 Å². The van der Waals surface area contributed by atoms with Gasteiger partial charge in [0.1, 0.15) is 0 Å². The third kappa shape index (κ3) is 1.53. The predicted octanol–water partition coefficient (Wildman–Crippen LogP) is 3.27. The molecule has 0 heterocycles. The third-order valence-corrected chi connectivity index (χ3v) is 3.25. The molecule has 2 rings (SSSR count). The summed E-state index contributed by atoms with van der Waals surface area (Å²) in [7, 11) is 0. The van der Waals surface area contributed by atoms with Crippen molar-refractivity contribution >= 4 is 0 Å².